The molecule has 1 aromatic rings. The third-order valence-electron chi connectivity index (χ3n) is 6.07. The van der Waals surface area contributed by atoms with E-state index < -0.39 is 0 Å². The van der Waals surface area contributed by atoms with Gasteiger partial charge in [-0.25, -0.2) is 4.90 Å². The maximum absolute atomic E-state index is 13.1. The Morgan fingerprint density at radius 1 is 1.04 bits per heavy atom. The highest BCUT2D eigenvalue weighted by atomic mass is 16.5. The summed E-state index contributed by atoms with van der Waals surface area (Å²) in [5.74, 6) is 2.02. The van der Waals surface area contributed by atoms with Crippen LogP contribution in [-0.4, -0.2) is 18.4 Å². The van der Waals surface area contributed by atoms with Gasteiger partial charge in [-0.1, -0.05) is 24.3 Å². The zero-order valence-corrected chi connectivity index (χ0v) is 13.0. The Hall–Kier alpha value is -2.10. The van der Waals surface area contributed by atoms with Crippen LogP contribution < -0.4 is 9.64 Å². The number of ether oxygens (including phenoxy) is 1. The number of allylic oxidation sites excluding steroid dienone is 2. The van der Waals surface area contributed by atoms with Crippen molar-refractivity contribution in [3.05, 3.63) is 36.4 Å². The van der Waals surface area contributed by atoms with Gasteiger partial charge in [-0.3, -0.25) is 9.59 Å². The van der Waals surface area contributed by atoms with Crippen molar-refractivity contribution in [1.82, 2.24) is 0 Å². The lowest BCUT2D eigenvalue weighted by atomic mass is 9.63. The largest absolute Gasteiger partial charge is 0.492 e. The SMILES string of the molecule is CCOc1ccccc1N1C(=O)[C@H]2[C@@H]3C=C[C@@H]([C@H]4C[C@H]34)[C@@H]2C1=O. The molecule has 4 nitrogen and oxygen atoms in total. The van der Waals surface area contributed by atoms with E-state index in [1.165, 1.54) is 11.3 Å². The van der Waals surface area contributed by atoms with Crippen LogP contribution in [0.1, 0.15) is 13.3 Å². The molecule has 5 aliphatic rings. The third kappa shape index (κ3) is 1.61. The van der Waals surface area contributed by atoms with Gasteiger partial charge >= 0.3 is 0 Å². The maximum Gasteiger partial charge on any atom is 0.238 e. The molecule has 2 bridgehead atoms. The van der Waals surface area contributed by atoms with E-state index in [2.05, 4.69) is 12.2 Å². The first-order chi connectivity index (χ1) is 11.2. The summed E-state index contributed by atoms with van der Waals surface area (Å²) in [5.41, 5.74) is 0.604. The van der Waals surface area contributed by atoms with Crippen LogP contribution in [0.25, 0.3) is 0 Å². The molecule has 6 rings (SSSR count). The summed E-state index contributed by atoms with van der Waals surface area (Å²) in [5, 5.41) is 0. The Balaban J connectivity index is 1.57. The Labute approximate surface area is 135 Å². The highest BCUT2D eigenvalue weighted by Crippen LogP contribution is 2.65. The highest BCUT2D eigenvalue weighted by molar-refractivity contribution is 6.23. The Kier molecular flexibility index (Phi) is 2.59. The van der Waals surface area contributed by atoms with Gasteiger partial charge in [0.2, 0.25) is 11.8 Å². The maximum atomic E-state index is 13.1. The lowest BCUT2D eigenvalue weighted by molar-refractivity contribution is -0.124. The molecule has 23 heavy (non-hydrogen) atoms. The van der Waals surface area contributed by atoms with E-state index >= 15 is 0 Å². The van der Waals surface area contributed by atoms with Crippen molar-refractivity contribution in [2.24, 2.45) is 35.5 Å². The number of imide groups is 1. The lowest BCUT2D eigenvalue weighted by Gasteiger charge is -2.37. The lowest BCUT2D eigenvalue weighted by Crippen LogP contribution is -2.40. The summed E-state index contributed by atoms with van der Waals surface area (Å²) >= 11 is 0. The fraction of sp³-hybridized carbons (Fsp3) is 0.474. The minimum Gasteiger partial charge on any atom is -0.492 e. The minimum absolute atomic E-state index is 0.0307. The highest BCUT2D eigenvalue weighted by Gasteiger charge is 2.67. The number of anilines is 1. The van der Waals surface area contributed by atoms with Gasteiger partial charge < -0.3 is 4.74 Å². The summed E-state index contributed by atoms with van der Waals surface area (Å²) < 4.78 is 5.64. The summed E-state index contributed by atoms with van der Waals surface area (Å²) in [6, 6.07) is 7.36. The van der Waals surface area contributed by atoms with Gasteiger partial charge in [0.1, 0.15) is 5.75 Å². The second-order valence-electron chi connectivity index (χ2n) is 7.07. The molecule has 0 aromatic heterocycles. The Bertz CT molecular complexity index is 704. The van der Waals surface area contributed by atoms with Crippen molar-refractivity contribution in [3.63, 3.8) is 0 Å². The van der Waals surface area contributed by atoms with E-state index in [-0.39, 0.29) is 35.5 Å². The zero-order valence-electron chi connectivity index (χ0n) is 13.0. The van der Waals surface area contributed by atoms with Crippen LogP contribution in [0, 0.1) is 35.5 Å². The first kappa shape index (κ1) is 13.3. The number of rotatable bonds is 3. The number of nitrogens with zero attached hydrogens (tertiary/aromatic N) is 1. The predicted molar refractivity (Wildman–Crippen MR) is 84.8 cm³/mol. The topological polar surface area (TPSA) is 46.6 Å². The number of para-hydroxylation sites is 2. The van der Waals surface area contributed by atoms with Gasteiger partial charge in [-0.15, -0.1) is 0 Å². The van der Waals surface area contributed by atoms with E-state index in [1.54, 1.807) is 0 Å². The standard InChI is InChI=1S/C19H19NO3/c1-2-23-15-6-4-3-5-14(15)20-18(21)16-10-7-8-11(13-9-12(10)13)17(16)19(20)22/h3-8,10-13,16-17H,2,9H2,1H3/t10-,11+,12-,13-,16+,17+/m1/s1. The van der Waals surface area contributed by atoms with Crippen LogP contribution in [0.5, 0.6) is 5.75 Å². The molecule has 0 spiro atoms. The van der Waals surface area contributed by atoms with Gasteiger partial charge in [0, 0.05) is 0 Å². The molecule has 1 saturated heterocycles. The average molecular weight is 309 g/mol. The van der Waals surface area contributed by atoms with Gasteiger partial charge in [0.05, 0.1) is 24.1 Å². The third-order valence-corrected chi connectivity index (χ3v) is 6.07. The normalized spacial score (nSPS) is 39.4. The van der Waals surface area contributed by atoms with E-state index in [0.29, 0.717) is 29.9 Å². The summed E-state index contributed by atoms with van der Waals surface area (Å²) in [7, 11) is 0. The van der Waals surface area contributed by atoms with E-state index in [9.17, 15) is 9.59 Å². The first-order valence-corrected chi connectivity index (χ1v) is 8.50. The first-order valence-electron chi connectivity index (χ1n) is 8.50. The second kappa shape index (κ2) is 4.47. The minimum atomic E-state index is -0.157. The van der Waals surface area contributed by atoms with Crippen LogP contribution >= 0.6 is 0 Å². The Morgan fingerprint density at radius 3 is 2.26 bits per heavy atom. The van der Waals surface area contributed by atoms with Crippen LogP contribution in [0.3, 0.4) is 0 Å². The van der Waals surface area contributed by atoms with Crippen LogP contribution in [0.15, 0.2) is 36.4 Å². The van der Waals surface area contributed by atoms with Crippen molar-refractivity contribution in [1.29, 1.82) is 0 Å². The predicted octanol–water partition coefficient (Wildman–Crippen LogP) is 2.64. The smallest absolute Gasteiger partial charge is 0.238 e. The quantitative estimate of drug-likeness (QED) is 0.637. The summed E-state index contributed by atoms with van der Waals surface area (Å²) in [6.45, 7) is 2.42. The number of hydrogen-bond acceptors (Lipinski definition) is 3. The van der Waals surface area contributed by atoms with Crippen LogP contribution in [0.2, 0.25) is 0 Å². The fourth-order valence-corrected chi connectivity index (χ4v) is 5.11. The zero-order chi connectivity index (χ0) is 15.7. The fourth-order valence-electron chi connectivity index (χ4n) is 5.11. The molecule has 4 heteroatoms. The molecule has 2 amide bonds. The molecule has 0 radical (unpaired) electrons. The molecule has 1 aliphatic heterocycles. The average Bonchev–Trinajstić information content (AvgIpc) is 3.34. The van der Waals surface area contributed by atoms with E-state index in [4.69, 9.17) is 4.74 Å². The Morgan fingerprint density at radius 2 is 1.65 bits per heavy atom. The monoisotopic (exact) mass is 309 g/mol. The molecule has 0 N–H and O–H groups in total. The molecule has 0 unspecified atom stereocenters. The van der Waals surface area contributed by atoms with Gasteiger partial charge in [-0.2, -0.15) is 0 Å². The molecular weight excluding hydrogens is 290 g/mol. The molecule has 2 saturated carbocycles. The van der Waals surface area contributed by atoms with Crippen molar-refractivity contribution < 1.29 is 14.3 Å². The van der Waals surface area contributed by atoms with Crippen molar-refractivity contribution in [2.75, 3.05) is 11.5 Å². The van der Waals surface area contributed by atoms with Crippen molar-refractivity contribution in [3.8, 4) is 5.75 Å². The molecule has 1 aromatic carbocycles. The number of carbonyl (C=O) groups excluding carboxylic acids is 2. The van der Waals surface area contributed by atoms with Gasteiger partial charge in [0.15, 0.2) is 0 Å². The second-order valence-corrected chi connectivity index (χ2v) is 7.07. The number of carbonyl (C=O) groups is 2. The van der Waals surface area contributed by atoms with E-state index in [1.807, 2.05) is 31.2 Å². The van der Waals surface area contributed by atoms with Gasteiger partial charge in [-0.05, 0) is 49.1 Å². The van der Waals surface area contributed by atoms with Crippen molar-refractivity contribution >= 4 is 17.5 Å². The summed E-state index contributed by atoms with van der Waals surface area (Å²) in [4.78, 5) is 27.6. The molecule has 4 aliphatic carbocycles. The number of amides is 2. The summed E-state index contributed by atoms with van der Waals surface area (Å²) in [6.07, 6.45) is 5.58. The molecule has 6 atom stereocenters. The van der Waals surface area contributed by atoms with Crippen LogP contribution in [-0.2, 0) is 9.59 Å². The van der Waals surface area contributed by atoms with E-state index in [0.717, 1.165) is 0 Å². The van der Waals surface area contributed by atoms with Crippen LogP contribution in [0.4, 0.5) is 5.69 Å². The number of benzene rings is 1. The molecular formula is C19H19NO3. The molecule has 1 heterocycles. The van der Waals surface area contributed by atoms with Crippen molar-refractivity contribution in [2.45, 2.75) is 13.3 Å². The molecule has 3 fully saturated rings. The van der Waals surface area contributed by atoms with Gasteiger partial charge in [0.25, 0.3) is 0 Å². The number of hydrogen-bond donors (Lipinski definition) is 0. The molecule has 118 valence electrons.